The van der Waals surface area contributed by atoms with Crippen LogP contribution in [0.15, 0.2) is 36.4 Å². The van der Waals surface area contributed by atoms with Crippen molar-refractivity contribution >= 4 is 11.8 Å². The molecule has 0 saturated carbocycles. The number of nitrogens with zero attached hydrogens (tertiary/aromatic N) is 1. The van der Waals surface area contributed by atoms with Crippen molar-refractivity contribution in [3.8, 4) is 5.75 Å². The summed E-state index contributed by atoms with van der Waals surface area (Å²) in [5.41, 5.74) is 0.506. The van der Waals surface area contributed by atoms with Crippen LogP contribution >= 0.6 is 0 Å². The first kappa shape index (κ1) is 18.0. The van der Waals surface area contributed by atoms with E-state index in [-0.39, 0.29) is 18.4 Å². The minimum absolute atomic E-state index is 0.0219. The molecule has 0 aromatic heterocycles. The topological polar surface area (TPSA) is 70.7 Å². The normalized spacial score (nSPS) is 14.2. The van der Waals surface area contributed by atoms with E-state index in [1.54, 1.807) is 24.3 Å². The Balaban J connectivity index is 1.65. The highest BCUT2D eigenvalue weighted by Crippen LogP contribution is 2.11. The lowest BCUT2D eigenvalue weighted by Crippen LogP contribution is -2.41. The summed E-state index contributed by atoms with van der Waals surface area (Å²) in [4.78, 5) is 26.0. The van der Waals surface area contributed by atoms with E-state index >= 15 is 0 Å². The van der Waals surface area contributed by atoms with Crippen molar-refractivity contribution < 1.29 is 14.3 Å². The number of ether oxygens (including phenoxy) is 1. The predicted molar refractivity (Wildman–Crippen MR) is 93.2 cm³/mol. The van der Waals surface area contributed by atoms with Crippen LogP contribution in [0, 0.1) is 0 Å². The third-order valence-corrected chi connectivity index (χ3v) is 3.73. The lowest BCUT2D eigenvalue weighted by molar-refractivity contribution is -0.120. The fraction of sp³-hybridized carbons (Fsp3) is 0.444. The maximum atomic E-state index is 12.0. The molecule has 1 aromatic carbocycles. The fourth-order valence-corrected chi connectivity index (χ4v) is 2.44. The Bertz CT molecular complexity index is 569. The Labute approximate surface area is 142 Å². The summed E-state index contributed by atoms with van der Waals surface area (Å²) in [6.07, 6.45) is 5.37. The minimum Gasteiger partial charge on any atom is -0.494 e. The molecule has 1 aliphatic heterocycles. The van der Waals surface area contributed by atoms with Gasteiger partial charge in [0.2, 0.25) is 5.91 Å². The second-order valence-electron chi connectivity index (χ2n) is 5.55. The van der Waals surface area contributed by atoms with Crippen molar-refractivity contribution in [3.63, 3.8) is 0 Å². The van der Waals surface area contributed by atoms with Gasteiger partial charge >= 0.3 is 0 Å². The van der Waals surface area contributed by atoms with Crippen molar-refractivity contribution in [1.82, 2.24) is 15.5 Å². The lowest BCUT2D eigenvalue weighted by atomic mass is 10.2. The van der Waals surface area contributed by atoms with E-state index in [1.807, 2.05) is 6.92 Å². The van der Waals surface area contributed by atoms with Crippen molar-refractivity contribution in [2.75, 3.05) is 39.3 Å². The van der Waals surface area contributed by atoms with Gasteiger partial charge < -0.3 is 15.4 Å². The van der Waals surface area contributed by atoms with E-state index in [0.29, 0.717) is 18.7 Å². The van der Waals surface area contributed by atoms with Crippen LogP contribution in [0.25, 0.3) is 0 Å². The number of amides is 2. The zero-order chi connectivity index (χ0) is 17.2. The third-order valence-electron chi connectivity index (χ3n) is 3.73. The highest BCUT2D eigenvalue weighted by atomic mass is 16.5. The van der Waals surface area contributed by atoms with Gasteiger partial charge in [-0.2, -0.15) is 0 Å². The number of carbonyl (C=O) groups is 2. The lowest BCUT2D eigenvalue weighted by Gasteiger charge is -2.22. The summed E-state index contributed by atoms with van der Waals surface area (Å²) >= 11 is 0. The molecule has 0 aliphatic carbocycles. The summed E-state index contributed by atoms with van der Waals surface area (Å²) in [5, 5.41) is 5.45. The first-order chi connectivity index (χ1) is 11.7. The molecule has 0 radical (unpaired) electrons. The molecule has 2 N–H and O–H groups in total. The maximum absolute atomic E-state index is 12.0. The Hall–Kier alpha value is -2.34. The van der Waals surface area contributed by atoms with E-state index in [2.05, 4.69) is 27.7 Å². The van der Waals surface area contributed by atoms with E-state index in [0.717, 1.165) is 31.8 Å². The van der Waals surface area contributed by atoms with Crippen LogP contribution in [-0.2, 0) is 4.79 Å². The van der Waals surface area contributed by atoms with Gasteiger partial charge in [-0.05, 0) is 37.6 Å². The molecule has 0 atom stereocenters. The molecule has 6 nitrogen and oxygen atoms in total. The molecule has 1 aromatic rings. The van der Waals surface area contributed by atoms with Crippen LogP contribution in [0.3, 0.4) is 0 Å². The van der Waals surface area contributed by atoms with Crippen LogP contribution in [0.5, 0.6) is 5.75 Å². The molecule has 0 bridgehead atoms. The Kier molecular flexibility index (Phi) is 7.29. The van der Waals surface area contributed by atoms with Gasteiger partial charge in [0.15, 0.2) is 0 Å². The van der Waals surface area contributed by atoms with Crippen molar-refractivity contribution in [1.29, 1.82) is 0 Å². The molecule has 2 amide bonds. The van der Waals surface area contributed by atoms with Crippen LogP contribution < -0.4 is 15.4 Å². The molecule has 130 valence electrons. The van der Waals surface area contributed by atoms with Crippen LogP contribution in [-0.4, -0.2) is 56.0 Å². The van der Waals surface area contributed by atoms with Crippen molar-refractivity contribution in [2.45, 2.75) is 13.3 Å². The first-order valence-corrected chi connectivity index (χ1v) is 8.34. The molecule has 0 spiro atoms. The first-order valence-electron chi connectivity index (χ1n) is 8.34. The summed E-state index contributed by atoms with van der Waals surface area (Å²) in [6.45, 7) is 5.84. The summed E-state index contributed by atoms with van der Waals surface area (Å²) in [5.74, 6) is 0.274. The quantitative estimate of drug-likeness (QED) is 0.702. The smallest absolute Gasteiger partial charge is 0.251 e. The monoisotopic (exact) mass is 331 g/mol. The molecular formula is C18H25N3O3. The van der Waals surface area contributed by atoms with Crippen molar-refractivity contribution in [2.24, 2.45) is 0 Å². The second kappa shape index (κ2) is 9.72. The number of benzene rings is 1. The molecule has 24 heavy (non-hydrogen) atoms. The molecule has 2 rings (SSSR count). The standard InChI is InChI=1S/C18H25N3O3/c1-2-24-16-8-6-15(7-9-16)18(23)20-14-17(22)19-10-13-21-11-4-3-5-12-21/h3-4,6-9H,2,5,10-14H2,1H3,(H,19,22)(H,20,23). The molecule has 1 heterocycles. The van der Waals surface area contributed by atoms with E-state index in [9.17, 15) is 9.59 Å². The van der Waals surface area contributed by atoms with Crippen molar-refractivity contribution in [3.05, 3.63) is 42.0 Å². The minimum atomic E-state index is -0.269. The van der Waals surface area contributed by atoms with Gasteiger partial charge in [0.25, 0.3) is 5.91 Å². The SMILES string of the molecule is CCOc1ccc(C(=O)NCC(=O)NCCN2CC=CCC2)cc1. The van der Waals surface area contributed by atoms with E-state index in [4.69, 9.17) is 4.74 Å². The number of rotatable bonds is 8. The highest BCUT2D eigenvalue weighted by Gasteiger charge is 2.09. The molecular weight excluding hydrogens is 306 g/mol. The predicted octanol–water partition coefficient (Wildman–Crippen LogP) is 1.19. The fourth-order valence-electron chi connectivity index (χ4n) is 2.44. The molecule has 0 fully saturated rings. The van der Waals surface area contributed by atoms with Gasteiger partial charge in [0.1, 0.15) is 5.75 Å². The number of carbonyl (C=O) groups excluding carboxylic acids is 2. The second-order valence-corrected chi connectivity index (χ2v) is 5.55. The van der Waals surface area contributed by atoms with Gasteiger partial charge in [-0.1, -0.05) is 12.2 Å². The summed E-state index contributed by atoms with van der Waals surface area (Å²) in [6, 6.07) is 6.85. The van der Waals surface area contributed by atoms with Gasteiger partial charge in [-0.25, -0.2) is 0 Å². The van der Waals surface area contributed by atoms with Gasteiger partial charge in [-0.3, -0.25) is 14.5 Å². The average Bonchev–Trinajstić information content (AvgIpc) is 2.61. The third kappa shape index (κ3) is 6.04. The number of nitrogens with one attached hydrogen (secondary N) is 2. The highest BCUT2D eigenvalue weighted by molar-refractivity contribution is 5.96. The van der Waals surface area contributed by atoms with E-state index < -0.39 is 0 Å². The summed E-state index contributed by atoms with van der Waals surface area (Å²) in [7, 11) is 0. The van der Waals surface area contributed by atoms with Crippen LogP contribution in [0.2, 0.25) is 0 Å². The molecule has 0 unspecified atom stereocenters. The zero-order valence-electron chi connectivity index (χ0n) is 14.1. The average molecular weight is 331 g/mol. The Morgan fingerprint density at radius 2 is 1.96 bits per heavy atom. The molecule has 1 aliphatic rings. The van der Waals surface area contributed by atoms with Crippen LogP contribution in [0.4, 0.5) is 0 Å². The Morgan fingerprint density at radius 3 is 2.62 bits per heavy atom. The number of hydrogen-bond donors (Lipinski definition) is 2. The van der Waals surface area contributed by atoms with Gasteiger partial charge in [0, 0.05) is 31.7 Å². The zero-order valence-corrected chi connectivity index (χ0v) is 14.1. The molecule has 6 heteroatoms. The van der Waals surface area contributed by atoms with Gasteiger partial charge in [0.05, 0.1) is 13.2 Å². The largest absolute Gasteiger partial charge is 0.494 e. The van der Waals surface area contributed by atoms with Gasteiger partial charge in [-0.15, -0.1) is 0 Å². The maximum Gasteiger partial charge on any atom is 0.251 e. The number of hydrogen-bond acceptors (Lipinski definition) is 4. The Morgan fingerprint density at radius 1 is 1.17 bits per heavy atom. The van der Waals surface area contributed by atoms with Crippen LogP contribution in [0.1, 0.15) is 23.7 Å². The molecule has 0 saturated heterocycles. The summed E-state index contributed by atoms with van der Waals surface area (Å²) < 4.78 is 5.33. The van der Waals surface area contributed by atoms with E-state index in [1.165, 1.54) is 0 Å².